The predicted octanol–water partition coefficient (Wildman–Crippen LogP) is 1.63. The molecule has 1 rings (SSSR count). The molecule has 0 saturated heterocycles. The Hall–Kier alpha value is -2.52. The summed E-state index contributed by atoms with van der Waals surface area (Å²) in [6.45, 7) is -1.66. The minimum atomic E-state index is -4.61. The number of hydrogen-bond donors (Lipinski definition) is 2. The molecule has 0 fully saturated rings. The number of ether oxygens (including phenoxy) is 1. The van der Waals surface area contributed by atoms with Gasteiger partial charge in [-0.3, -0.25) is 10.1 Å². The molecule has 0 aliphatic carbocycles. The number of benzene rings is 1. The first kappa shape index (κ1) is 14.5. The summed E-state index contributed by atoms with van der Waals surface area (Å²) >= 11 is 0. The van der Waals surface area contributed by atoms with Crippen LogP contribution in [-0.4, -0.2) is 28.7 Å². The van der Waals surface area contributed by atoms with Gasteiger partial charge in [0, 0.05) is 11.6 Å². The van der Waals surface area contributed by atoms with Crippen molar-refractivity contribution in [3.05, 3.63) is 33.9 Å². The summed E-state index contributed by atoms with van der Waals surface area (Å²) in [5.74, 6) is -0.970. The third kappa shape index (κ3) is 4.01. The van der Waals surface area contributed by atoms with Crippen molar-refractivity contribution >= 4 is 11.5 Å². The van der Waals surface area contributed by atoms with Crippen molar-refractivity contribution in [1.29, 1.82) is 0 Å². The van der Waals surface area contributed by atoms with E-state index in [4.69, 9.17) is 10.9 Å². The predicted molar refractivity (Wildman–Crippen MR) is 57.2 cm³/mol. The van der Waals surface area contributed by atoms with Crippen LogP contribution in [0.2, 0.25) is 0 Å². The smallest absolute Gasteiger partial charge is 0.422 e. The van der Waals surface area contributed by atoms with Crippen LogP contribution in [0.1, 0.15) is 5.56 Å². The summed E-state index contributed by atoms with van der Waals surface area (Å²) in [7, 11) is 0. The van der Waals surface area contributed by atoms with Gasteiger partial charge in [-0.2, -0.15) is 13.2 Å². The van der Waals surface area contributed by atoms with E-state index in [0.29, 0.717) is 0 Å². The summed E-state index contributed by atoms with van der Waals surface area (Å²) in [6, 6.07) is 2.92. The van der Waals surface area contributed by atoms with Gasteiger partial charge in [-0.15, -0.1) is 0 Å². The molecule has 10 heteroatoms. The second-order valence-electron chi connectivity index (χ2n) is 3.33. The van der Waals surface area contributed by atoms with Gasteiger partial charge >= 0.3 is 11.9 Å². The van der Waals surface area contributed by atoms with Crippen molar-refractivity contribution in [3.63, 3.8) is 0 Å². The summed E-state index contributed by atoms with van der Waals surface area (Å²) in [6.07, 6.45) is -4.61. The van der Waals surface area contributed by atoms with Crippen molar-refractivity contribution < 1.29 is 28.0 Å². The van der Waals surface area contributed by atoms with Crippen LogP contribution < -0.4 is 10.5 Å². The number of nitrogens with zero attached hydrogens (tertiary/aromatic N) is 2. The van der Waals surface area contributed by atoms with Gasteiger partial charge in [0.2, 0.25) is 0 Å². The van der Waals surface area contributed by atoms with E-state index in [-0.39, 0.29) is 5.56 Å². The van der Waals surface area contributed by atoms with Crippen LogP contribution in [0.5, 0.6) is 5.75 Å². The Morgan fingerprint density at radius 3 is 2.63 bits per heavy atom. The Morgan fingerprint density at radius 1 is 1.53 bits per heavy atom. The maximum atomic E-state index is 12.0. The van der Waals surface area contributed by atoms with Crippen molar-refractivity contribution in [1.82, 2.24) is 0 Å². The zero-order valence-corrected chi connectivity index (χ0v) is 9.22. The van der Waals surface area contributed by atoms with Crippen molar-refractivity contribution in [2.75, 3.05) is 6.61 Å². The third-order valence-electron chi connectivity index (χ3n) is 1.95. The van der Waals surface area contributed by atoms with Gasteiger partial charge in [0.25, 0.3) is 0 Å². The van der Waals surface area contributed by atoms with Crippen LogP contribution in [0.25, 0.3) is 0 Å². The van der Waals surface area contributed by atoms with Crippen molar-refractivity contribution in [2.24, 2.45) is 10.9 Å². The first-order chi connectivity index (χ1) is 8.74. The first-order valence-corrected chi connectivity index (χ1v) is 4.70. The second kappa shape index (κ2) is 5.42. The average molecular weight is 279 g/mol. The summed E-state index contributed by atoms with van der Waals surface area (Å²) in [5, 5.41) is 21.7. The molecule has 3 N–H and O–H groups in total. The highest BCUT2D eigenvalue weighted by Crippen LogP contribution is 2.29. The lowest BCUT2D eigenvalue weighted by Gasteiger charge is -2.09. The number of amidine groups is 1. The monoisotopic (exact) mass is 279 g/mol. The molecule has 0 aliphatic rings. The number of hydrogen-bond acceptors (Lipinski definition) is 5. The van der Waals surface area contributed by atoms with E-state index < -0.39 is 35.0 Å². The van der Waals surface area contributed by atoms with E-state index in [1.807, 2.05) is 0 Å². The molecule has 0 aromatic heterocycles. The number of oxime groups is 1. The molecule has 0 saturated carbocycles. The molecule has 0 heterocycles. The molecule has 0 spiro atoms. The molecular formula is C9H8F3N3O4. The maximum Gasteiger partial charge on any atom is 0.422 e. The van der Waals surface area contributed by atoms with Crippen molar-refractivity contribution in [2.45, 2.75) is 6.18 Å². The molecule has 19 heavy (non-hydrogen) atoms. The standard InChI is InChI=1S/C9H8F3N3O4/c10-9(11,12)4-19-7-2-1-5(8(13)14-16)3-6(7)15(17)18/h1-3,16H,4H2,(H2,13,14). The fraction of sp³-hybridized carbons (Fsp3) is 0.222. The van der Waals surface area contributed by atoms with Crippen LogP contribution in [0.3, 0.4) is 0 Å². The van der Waals surface area contributed by atoms with E-state index >= 15 is 0 Å². The van der Waals surface area contributed by atoms with E-state index in [1.54, 1.807) is 0 Å². The first-order valence-electron chi connectivity index (χ1n) is 4.70. The SMILES string of the molecule is NC(=NO)c1ccc(OCC(F)(F)F)c([N+](=O)[O-])c1. The summed E-state index contributed by atoms with van der Waals surface area (Å²) < 4.78 is 40.2. The number of rotatable bonds is 4. The van der Waals surface area contributed by atoms with Gasteiger partial charge in [0.1, 0.15) is 0 Å². The van der Waals surface area contributed by atoms with E-state index in [9.17, 15) is 23.3 Å². The van der Waals surface area contributed by atoms with Gasteiger partial charge in [-0.1, -0.05) is 5.16 Å². The van der Waals surface area contributed by atoms with E-state index in [0.717, 1.165) is 18.2 Å². The third-order valence-corrected chi connectivity index (χ3v) is 1.95. The fourth-order valence-electron chi connectivity index (χ4n) is 1.16. The quantitative estimate of drug-likeness (QED) is 0.286. The normalized spacial score (nSPS) is 12.3. The Balaban J connectivity index is 3.09. The number of nitro groups is 1. The van der Waals surface area contributed by atoms with Crippen LogP contribution >= 0.6 is 0 Å². The Bertz CT molecular complexity index is 516. The molecule has 0 radical (unpaired) electrons. The largest absolute Gasteiger partial charge is 0.477 e. The fourth-order valence-corrected chi connectivity index (χ4v) is 1.16. The topological polar surface area (TPSA) is 111 Å². The highest BCUT2D eigenvalue weighted by molar-refractivity contribution is 5.97. The lowest BCUT2D eigenvalue weighted by molar-refractivity contribution is -0.386. The van der Waals surface area contributed by atoms with Crippen LogP contribution in [0.4, 0.5) is 18.9 Å². The minimum Gasteiger partial charge on any atom is -0.477 e. The summed E-state index contributed by atoms with van der Waals surface area (Å²) in [5.41, 5.74) is 4.48. The Labute approximate surface area is 104 Å². The van der Waals surface area contributed by atoms with E-state index in [2.05, 4.69) is 9.89 Å². The molecule has 104 valence electrons. The summed E-state index contributed by atoms with van der Waals surface area (Å²) in [4.78, 5) is 9.78. The number of nitro benzene ring substituents is 1. The van der Waals surface area contributed by atoms with Crippen LogP contribution in [0.15, 0.2) is 23.4 Å². The molecule has 0 bridgehead atoms. The van der Waals surface area contributed by atoms with Crippen molar-refractivity contribution in [3.8, 4) is 5.75 Å². The zero-order chi connectivity index (χ0) is 14.6. The highest BCUT2D eigenvalue weighted by Gasteiger charge is 2.30. The Morgan fingerprint density at radius 2 is 2.16 bits per heavy atom. The number of alkyl halides is 3. The lowest BCUT2D eigenvalue weighted by Crippen LogP contribution is -2.20. The number of nitrogens with two attached hydrogens (primary N) is 1. The molecule has 0 amide bonds. The molecular weight excluding hydrogens is 271 g/mol. The molecule has 0 atom stereocenters. The van der Waals surface area contributed by atoms with Gasteiger partial charge < -0.3 is 15.7 Å². The van der Waals surface area contributed by atoms with Crippen LogP contribution in [-0.2, 0) is 0 Å². The molecule has 0 unspecified atom stereocenters. The van der Waals surface area contributed by atoms with Crippen LogP contribution in [0, 0.1) is 10.1 Å². The highest BCUT2D eigenvalue weighted by atomic mass is 19.4. The lowest BCUT2D eigenvalue weighted by atomic mass is 10.1. The minimum absolute atomic E-state index is 0.0199. The number of halogens is 3. The Kier molecular flexibility index (Phi) is 4.14. The van der Waals surface area contributed by atoms with Gasteiger partial charge in [-0.05, 0) is 12.1 Å². The maximum absolute atomic E-state index is 12.0. The molecule has 0 aliphatic heterocycles. The molecule has 1 aromatic rings. The van der Waals surface area contributed by atoms with Gasteiger partial charge in [0.15, 0.2) is 18.2 Å². The molecule has 7 nitrogen and oxygen atoms in total. The molecule has 1 aromatic carbocycles. The van der Waals surface area contributed by atoms with E-state index in [1.165, 1.54) is 0 Å². The second-order valence-corrected chi connectivity index (χ2v) is 3.33. The van der Waals surface area contributed by atoms with Gasteiger partial charge in [-0.25, -0.2) is 0 Å². The van der Waals surface area contributed by atoms with Gasteiger partial charge in [0.05, 0.1) is 4.92 Å². The zero-order valence-electron chi connectivity index (χ0n) is 9.22. The average Bonchev–Trinajstić information content (AvgIpc) is 2.34.